The second-order valence-electron chi connectivity index (χ2n) is 8.59. The Morgan fingerprint density at radius 2 is 1.82 bits per heavy atom. The summed E-state index contributed by atoms with van der Waals surface area (Å²) in [5.74, 6) is -0.173. The number of nitrogens with zero attached hydrogens (tertiary/aromatic N) is 3. The van der Waals surface area contributed by atoms with Gasteiger partial charge in [0.1, 0.15) is 24.0 Å². The van der Waals surface area contributed by atoms with Gasteiger partial charge in [0, 0.05) is 24.1 Å². The van der Waals surface area contributed by atoms with E-state index < -0.39 is 12.1 Å². The van der Waals surface area contributed by atoms with Gasteiger partial charge in [0.15, 0.2) is 0 Å². The topological polar surface area (TPSA) is 127 Å². The van der Waals surface area contributed by atoms with Crippen molar-refractivity contribution in [2.75, 3.05) is 5.32 Å². The van der Waals surface area contributed by atoms with E-state index in [9.17, 15) is 14.9 Å². The summed E-state index contributed by atoms with van der Waals surface area (Å²) in [5.41, 5.74) is 2.10. The van der Waals surface area contributed by atoms with Gasteiger partial charge in [-0.3, -0.25) is 9.59 Å². The Morgan fingerprint density at radius 1 is 1.11 bits per heavy atom. The lowest BCUT2D eigenvalue weighted by atomic mass is 10.1. The summed E-state index contributed by atoms with van der Waals surface area (Å²) >= 11 is 12.7. The fourth-order valence-corrected chi connectivity index (χ4v) is 4.01. The van der Waals surface area contributed by atoms with Gasteiger partial charge in [-0.2, -0.15) is 5.26 Å². The average Bonchev–Trinajstić information content (AvgIpc) is 3.36. The van der Waals surface area contributed by atoms with Crippen molar-refractivity contribution in [2.24, 2.45) is 0 Å². The number of hydrogen-bond donors (Lipinski definition) is 1. The fraction of sp³-hybridized carbons (Fsp3) is 0.370. The van der Waals surface area contributed by atoms with Crippen LogP contribution in [0.25, 0.3) is 11.5 Å². The van der Waals surface area contributed by atoms with Gasteiger partial charge < -0.3 is 19.2 Å². The van der Waals surface area contributed by atoms with E-state index in [2.05, 4.69) is 15.5 Å². The number of nitriles is 1. The van der Waals surface area contributed by atoms with Crippen LogP contribution in [-0.2, 0) is 14.3 Å². The maximum absolute atomic E-state index is 12.2. The predicted molar refractivity (Wildman–Crippen MR) is 143 cm³/mol. The van der Waals surface area contributed by atoms with Crippen molar-refractivity contribution in [3.63, 3.8) is 0 Å². The molecule has 200 valence electrons. The molecule has 0 aliphatic carbocycles. The molecule has 3 rings (SSSR count). The molecule has 0 fully saturated rings. The Kier molecular flexibility index (Phi) is 10.1. The summed E-state index contributed by atoms with van der Waals surface area (Å²) in [4.78, 5) is 24.1. The molecule has 0 aliphatic heterocycles. The molecule has 1 heterocycles. The lowest BCUT2D eigenvalue weighted by Gasteiger charge is -2.24. The maximum atomic E-state index is 12.2. The Labute approximate surface area is 231 Å². The Morgan fingerprint density at radius 3 is 2.47 bits per heavy atom. The molecule has 0 bridgehead atoms. The molecule has 0 aliphatic rings. The molecule has 2 aromatic carbocycles. The lowest BCUT2D eigenvalue weighted by Crippen LogP contribution is -2.28. The van der Waals surface area contributed by atoms with Crippen molar-refractivity contribution >= 4 is 40.8 Å². The van der Waals surface area contributed by atoms with Crippen molar-refractivity contribution in [1.82, 2.24) is 10.2 Å². The zero-order chi connectivity index (χ0) is 27.8. The third-order valence-electron chi connectivity index (χ3n) is 5.62. The number of anilines is 1. The highest BCUT2D eigenvalue weighted by Gasteiger charge is 2.29. The van der Waals surface area contributed by atoms with Crippen LogP contribution < -0.4 is 10.1 Å². The molecule has 0 saturated heterocycles. The van der Waals surface area contributed by atoms with Gasteiger partial charge in [-0.1, -0.05) is 37.0 Å². The summed E-state index contributed by atoms with van der Waals surface area (Å²) in [5, 5.41) is 21.4. The molecule has 11 heteroatoms. The van der Waals surface area contributed by atoms with Gasteiger partial charge in [-0.15, -0.1) is 10.2 Å². The number of halogens is 2. The molecule has 2 atom stereocenters. The minimum Gasteiger partial charge on any atom is -0.460 e. The molecule has 0 amide bonds. The number of benzene rings is 2. The SMILES string of the molecule is CCCC(=O)Oc1ccc(-c2nnc([C@H](Nc3ccc(C#N)c(Cl)c3C)[C@H](C)OC(=O)CCC)o2)cc1Cl. The van der Waals surface area contributed by atoms with Crippen LogP contribution in [0.4, 0.5) is 5.69 Å². The number of hydrogen-bond acceptors (Lipinski definition) is 9. The summed E-state index contributed by atoms with van der Waals surface area (Å²) in [6.45, 7) is 7.25. The highest BCUT2D eigenvalue weighted by atomic mass is 35.5. The Hall–Kier alpha value is -3.61. The summed E-state index contributed by atoms with van der Waals surface area (Å²) < 4.78 is 16.9. The lowest BCUT2D eigenvalue weighted by molar-refractivity contribution is -0.149. The first-order valence-corrected chi connectivity index (χ1v) is 12.9. The van der Waals surface area contributed by atoms with E-state index in [1.807, 2.05) is 19.9 Å². The van der Waals surface area contributed by atoms with E-state index in [1.54, 1.807) is 44.2 Å². The van der Waals surface area contributed by atoms with Crippen LogP contribution in [0.3, 0.4) is 0 Å². The molecule has 0 spiro atoms. The molecular weight excluding hydrogens is 531 g/mol. The van der Waals surface area contributed by atoms with E-state index in [4.69, 9.17) is 37.1 Å². The number of aromatic nitrogens is 2. The number of rotatable bonds is 11. The predicted octanol–water partition coefficient (Wildman–Crippen LogP) is 6.81. The van der Waals surface area contributed by atoms with E-state index in [1.165, 1.54) is 0 Å². The molecule has 0 unspecified atom stereocenters. The fourth-order valence-electron chi connectivity index (χ4n) is 3.58. The quantitative estimate of drug-likeness (QED) is 0.199. The van der Waals surface area contributed by atoms with E-state index in [-0.39, 0.29) is 47.3 Å². The first-order chi connectivity index (χ1) is 18.2. The molecule has 1 N–H and O–H groups in total. The number of nitrogens with one attached hydrogen (secondary N) is 1. The van der Waals surface area contributed by atoms with Crippen LogP contribution >= 0.6 is 23.2 Å². The monoisotopic (exact) mass is 558 g/mol. The van der Waals surface area contributed by atoms with Crippen LogP contribution in [0.15, 0.2) is 34.7 Å². The van der Waals surface area contributed by atoms with Crippen molar-refractivity contribution in [2.45, 2.75) is 65.5 Å². The van der Waals surface area contributed by atoms with Gasteiger partial charge in [0.2, 0.25) is 11.8 Å². The maximum Gasteiger partial charge on any atom is 0.311 e. The molecule has 0 saturated carbocycles. The van der Waals surface area contributed by atoms with E-state index in [0.29, 0.717) is 40.2 Å². The van der Waals surface area contributed by atoms with Crippen LogP contribution in [0, 0.1) is 18.3 Å². The zero-order valence-corrected chi connectivity index (χ0v) is 23.0. The van der Waals surface area contributed by atoms with Crippen LogP contribution in [0.1, 0.15) is 69.5 Å². The molecule has 3 aromatic rings. The molecular formula is C27H28Cl2N4O5. The zero-order valence-electron chi connectivity index (χ0n) is 21.5. The van der Waals surface area contributed by atoms with Crippen molar-refractivity contribution in [3.8, 4) is 23.3 Å². The average molecular weight is 559 g/mol. The summed E-state index contributed by atoms with van der Waals surface area (Å²) in [6, 6.07) is 9.39. The Balaban J connectivity index is 1.92. The largest absolute Gasteiger partial charge is 0.460 e. The summed E-state index contributed by atoms with van der Waals surface area (Å²) in [7, 11) is 0. The highest BCUT2D eigenvalue weighted by molar-refractivity contribution is 6.33. The third-order valence-corrected chi connectivity index (χ3v) is 6.40. The van der Waals surface area contributed by atoms with Crippen molar-refractivity contribution < 1.29 is 23.5 Å². The second-order valence-corrected chi connectivity index (χ2v) is 9.38. The summed E-state index contributed by atoms with van der Waals surface area (Å²) in [6.07, 6.45) is 1.16. The van der Waals surface area contributed by atoms with Gasteiger partial charge in [-0.25, -0.2) is 0 Å². The smallest absolute Gasteiger partial charge is 0.311 e. The van der Waals surface area contributed by atoms with Crippen LogP contribution in [0.5, 0.6) is 5.75 Å². The standard InChI is InChI=1S/C27H28Cl2N4O5/c1-5-7-22(34)36-16(4)25(31-20-11-9-18(14-30)24(29)15(20)3)27-33-32-26(38-27)17-10-12-21(19(28)13-17)37-23(35)8-6-2/h9-13,16,25,31H,5-8H2,1-4H3/t16-,25+/m0/s1. The Bertz CT molecular complexity index is 1350. The molecule has 1 aromatic heterocycles. The van der Waals surface area contributed by atoms with Crippen molar-refractivity contribution in [3.05, 3.63) is 57.4 Å². The van der Waals surface area contributed by atoms with Gasteiger partial charge in [-0.05, 0) is 62.6 Å². The van der Waals surface area contributed by atoms with Crippen molar-refractivity contribution in [1.29, 1.82) is 5.26 Å². The number of esters is 2. The number of carbonyl (C=O) groups is 2. The van der Waals surface area contributed by atoms with Crippen LogP contribution in [-0.4, -0.2) is 28.2 Å². The van der Waals surface area contributed by atoms with Gasteiger partial charge >= 0.3 is 11.9 Å². The highest BCUT2D eigenvalue weighted by Crippen LogP contribution is 2.34. The second kappa shape index (κ2) is 13.3. The van der Waals surface area contributed by atoms with E-state index in [0.717, 1.165) is 0 Å². The first-order valence-electron chi connectivity index (χ1n) is 12.2. The minimum absolute atomic E-state index is 0.159. The van der Waals surface area contributed by atoms with E-state index >= 15 is 0 Å². The van der Waals surface area contributed by atoms with Crippen LogP contribution in [0.2, 0.25) is 10.0 Å². The first kappa shape index (κ1) is 29.0. The number of ether oxygens (including phenoxy) is 2. The van der Waals surface area contributed by atoms with Gasteiger partial charge in [0.25, 0.3) is 0 Å². The normalized spacial score (nSPS) is 12.3. The molecule has 0 radical (unpaired) electrons. The molecule has 9 nitrogen and oxygen atoms in total. The van der Waals surface area contributed by atoms with Gasteiger partial charge in [0.05, 0.1) is 15.6 Å². The molecule has 38 heavy (non-hydrogen) atoms. The number of carbonyl (C=O) groups excluding carboxylic acids is 2. The third kappa shape index (κ3) is 7.03. The minimum atomic E-state index is -0.732.